The molecule has 0 radical (unpaired) electrons. The molecule has 0 saturated heterocycles. The third kappa shape index (κ3) is 3.33. The summed E-state index contributed by atoms with van der Waals surface area (Å²) in [6, 6.07) is 0.278. The number of carbonyl (C=O) groups is 2. The van der Waals surface area contributed by atoms with Crippen LogP contribution in [-0.4, -0.2) is 23.0 Å². The van der Waals surface area contributed by atoms with Crippen molar-refractivity contribution in [2.45, 2.75) is 77.2 Å². The highest BCUT2D eigenvalue weighted by molar-refractivity contribution is 5.85. The molecule has 0 aliphatic heterocycles. The molecule has 4 heteroatoms. The SMILES string of the molecule is CCCCC1CCCC1NC(=O)CC1(C(=O)O)CCC1. The number of unbranched alkanes of at least 4 members (excludes halogenated alkanes) is 1. The van der Waals surface area contributed by atoms with Gasteiger partial charge in [0.05, 0.1) is 5.41 Å². The Hall–Kier alpha value is -1.06. The Kier molecular flexibility index (Phi) is 5.06. The first kappa shape index (κ1) is 15.3. The second kappa shape index (κ2) is 6.59. The fourth-order valence-electron chi connectivity index (χ4n) is 3.67. The van der Waals surface area contributed by atoms with Gasteiger partial charge >= 0.3 is 5.97 Å². The van der Waals surface area contributed by atoms with Gasteiger partial charge in [-0.25, -0.2) is 0 Å². The molecule has 2 unspecified atom stereocenters. The lowest BCUT2D eigenvalue weighted by Gasteiger charge is -2.37. The molecule has 4 nitrogen and oxygen atoms in total. The second-order valence-corrected chi connectivity index (χ2v) is 6.62. The highest BCUT2D eigenvalue weighted by atomic mass is 16.4. The van der Waals surface area contributed by atoms with Crippen LogP contribution in [0.2, 0.25) is 0 Å². The highest BCUT2D eigenvalue weighted by Gasteiger charge is 2.46. The molecule has 0 aromatic carbocycles. The molecule has 114 valence electrons. The zero-order chi connectivity index (χ0) is 14.6. The summed E-state index contributed by atoms with van der Waals surface area (Å²) >= 11 is 0. The van der Waals surface area contributed by atoms with E-state index in [1.165, 1.54) is 32.1 Å². The molecule has 2 saturated carbocycles. The van der Waals surface area contributed by atoms with Gasteiger partial charge in [-0.15, -0.1) is 0 Å². The van der Waals surface area contributed by atoms with Crippen LogP contribution >= 0.6 is 0 Å². The molecule has 2 rings (SSSR count). The van der Waals surface area contributed by atoms with Crippen molar-refractivity contribution in [3.05, 3.63) is 0 Å². The standard InChI is InChI=1S/C16H27NO3/c1-2-3-6-12-7-4-8-13(12)17-14(18)11-16(15(19)20)9-5-10-16/h12-13H,2-11H2,1H3,(H,17,18)(H,19,20). The molecule has 0 spiro atoms. The number of aliphatic carboxylic acids is 1. The van der Waals surface area contributed by atoms with Crippen LogP contribution in [0.3, 0.4) is 0 Å². The quantitative estimate of drug-likeness (QED) is 0.753. The first-order chi connectivity index (χ1) is 9.57. The minimum absolute atomic E-state index is 0.0551. The van der Waals surface area contributed by atoms with Crippen LogP contribution in [0.1, 0.15) is 71.1 Å². The molecule has 1 amide bonds. The minimum Gasteiger partial charge on any atom is -0.481 e. The molecule has 0 aromatic rings. The van der Waals surface area contributed by atoms with Crippen LogP contribution in [0.4, 0.5) is 0 Å². The third-order valence-corrected chi connectivity index (χ3v) is 5.20. The van der Waals surface area contributed by atoms with Gasteiger partial charge < -0.3 is 10.4 Å². The van der Waals surface area contributed by atoms with Gasteiger partial charge in [-0.3, -0.25) is 9.59 Å². The molecule has 2 atom stereocenters. The van der Waals surface area contributed by atoms with Crippen LogP contribution in [-0.2, 0) is 9.59 Å². The fourth-order valence-corrected chi connectivity index (χ4v) is 3.67. The van der Waals surface area contributed by atoms with Crippen molar-refractivity contribution in [1.29, 1.82) is 0 Å². The normalized spacial score (nSPS) is 27.9. The number of hydrogen-bond acceptors (Lipinski definition) is 2. The fraction of sp³-hybridized carbons (Fsp3) is 0.875. The largest absolute Gasteiger partial charge is 0.481 e. The smallest absolute Gasteiger partial charge is 0.310 e. The molecule has 2 aliphatic carbocycles. The molecule has 20 heavy (non-hydrogen) atoms. The molecular weight excluding hydrogens is 254 g/mol. The predicted octanol–water partition coefficient (Wildman–Crippen LogP) is 3.11. The van der Waals surface area contributed by atoms with Crippen molar-refractivity contribution in [2.75, 3.05) is 0 Å². The van der Waals surface area contributed by atoms with Gasteiger partial charge in [0.2, 0.25) is 5.91 Å². The number of carbonyl (C=O) groups excluding carboxylic acids is 1. The van der Waals surface area contributed by atoms with Gasteiger partial charge in [0.25, 0.3) is 0 Å². The van der Waals surface area contributed by atoms with E-state index in [2.05, 4.69) is 12.2 Å². The van der Waals surface area contributed by atoms with Crippen LogP contribution in [0.5, 0.6) is 0 Å². The minimum atomic E-state index is -0.798. The third-order valence-electron chi connectivity index (χ3n) is 5.20. The molecule has 0 aromatic heterocycles. The zero-order valence-corrected chi connectivity index (χ0v) is 12.5. The van der Waals surface area contributed by atoms with E-state index in [1.54, 1.807) is 0 Å². The Morgan fingerprint density at radius 1 is 1.25 bits per heavy atom. The van der Waals surface area contributed by atoms with Crippen molar-refractivity contribution >= 4 is 11.9 Å². The van der Waals surface area contributed by atoms with E-state index in [0.717, 1.165) is 12.8 Å². The van der Waals surface area contributed by atoms with E-state index in [-0.39, 0.29) is 18.4 Å². The lowest BCUT2D eigenvalue weighted by Crippen LogP contribution is -2.45. The summed E-state index contributed by atoms with van der Waals surface area (Å²) in [4.78, 5) is 23.5. The van der Waals surface area contributed by atoms with Gasteiger partial charge in [-0.2, -0.15) is 0 Å². The van der Waals surface area contributed by atoms with Gasteiger partial charge in [-0.1, -0.05) is 32.6 Å². The number of carboxylic acids is 1. The van der Waals surface area contributed by atoms with E-state index < -0.39 is 11.4 Å². The molecule has 0 bridgehead atoms. The Bertz CT molecular complexity index is 363. The monoisotopic (exact) mass is 281 g/mol. The van der Waals surface area contributed by atoms with E-state index in [1.807, 2.05) is 0 Å². The summed E-state index contributed by atoms with van der Waals surface area (Å²) in [5, 5.41) is 12.4. The number of carboxylic acid groups (broad SMARTS) is 1. The number of rotatable bonds is 7. The van der Waals surface area contributed by atoms with Crippen molar-refractivity contribution in [2.24, 2.45) is 11.3 Å². The Labute approximate surface area is 121 Å². The van der Waals surface area contributed by atoms with E-state index in [4.69, 9.17) is 0 Å². The summed E-state index contributed by atoms with van der Waals surface area (Å²) < 4.78 is 0. The summed E-state index contributed by atoms with van der Waals surface area (Å²) in [6.07, 6.45) is 9.44. The number of amides is 1. The van der Waals surface area contributed by atoms with Gasteiger partial charge in [0, 0.05) is 12.5 Å². The first-order valence-corrected chi connectivity index (χ1v) is 8.10. The van der Waals surface area contributed by atoms with E-state index in [9.17, 15) is 14.7 Å². The molecule has 0 heterocycles. The van der Waals surface area contributed by atoms with Crippen molar-refractivity contribution in [1.82, 2.24) is 5.32 Å². The molecule has 2 aliphatic rings. The van der Waals surface area contributed by atoms with Crippen LogP contribution in [0.15, 0.2) is 0 Å². The van der Waals surface area contributed by atoms with Crippen molar-refractivity contribution in [3.63, 3.8) is 0 Å². The topological polar surface area (TPSA) is 66.4 Å². The maximum atomic E-state index is 12.2. The Morgan fingerprint density at radius 3 is 2.55 bits per heavy atom. The number of nitrogens with one attached hydrogen (secondary N) is 1. The van der Waals surface area contributed by atoms with Crippen LogP contribution < -0.4 is 5.32 Å². The first-order valence-electron chi connectivity index (χ1n) is 8.10. The lowest BCUT2D eigenvalue weighted by molar-refractivity contribution is -0.157. The summed E-state index contributed by atoms with van der Waals surface area (Å²) in [6.45, 7) is 2.19. The van der Waals surface area contributed by atoms with E-state index in [0.29, 0.717) is 18.8 Å². The zero-order valence-electron chi connectivity index (χ0n) is 12.5. The average molecular weight is 281 g/mol. The predicted molar refractivity (Wildman–Crippen MR) is 77.3 cm³/mol. The maximum absolute atomic E-state index is 12.2. The number of hydrogen-bond donors (Lipinski definition) is 2. The van der Waals surface area contributed by atoms with Gasteiger partial charge in [0.1, 0.15) is 0 Å². The summed E-state index contributed by atoms with van der Waals surface area (Å²) in [5.74, 6) is -0.255. The highest BCUT2D eigenvalue weighted by Crippen LogP contribution is 2.44. The van der Waals surface area contributed by atoms with Crippen molar-refractivity contribution in [3.8, 4) is 0 Å². The van der Waals surface area contributed by atoms with E-state index >= 15 is 0 Å². The Morgan fingerprint density at radius 2 is 2.00 bits per heavy atom. The van der Waals surface area contributed by atoms with Crippen LogP contribution in [0, 0.1) is 11.3 Å². The summed E-state index contributed by atoms with van der Waals surface area (Å²) in [5.41, 5.74) is -0.762. The Balaban J connectivity index is 1.83. The molecule has 2 N–H and O–H groups in total. The van der Waals surface area contributed by atoms with Gasteiger partial charge in [-0.05, 0) is 38.0 Å². The van der Waals surface area contributed by atoms with Gasteiger partial charge in [0.15, 0.2) is 0 Å². The maximum Gasteiger partial charge on any atom is 0.310 e. The lowest BCUT2D eigenvalue weighted by atomic mass is 9.66. The molecule has 2 fully saturated rings. The molecular formula is C16H27NO3. The second-order valence-electron chi connectivity index (χ2n) is 6.62. The van der Waals surface area contributed by atoms with Crippen LogP contribution in [0.25, 0.3) is 0 Å². The summed E-state index contributed by atoms with van der Waals surface area (Å²) in [7, 11) is 0. The average Bonchev–Trinajstić information content (AvgIpc) is 2.78. The van der Waals surface area contributed by atoms with Crippen molar-refractivity contribution < 1.29 is 14.7 Å².